The number of H-pyrrole nitrogens is 1. The summed E-state index contributed by atoms with van der Waals surface area (Å²) in [6, 6.07) is 12.3. The minimum atomic E-state index is -3.39. The van der Waals surface area contributed by atoms with Gasteiger partial charge in [0.1, 0.15) is 17.2 Å². The number of ether oxygens (including phenoxy) is 1. The largest absolute Gasteiger partial charge is 0.456 e. The first-order valence-electron chi connectivity index (χ1n) is 11.0. The van der Waals surface area contributed by atoms with E-state index < -0.39 is 9.84 Å². The molecule has 5 rings (SSSR count). The first-order valence-corrected chi connectivity index (χ1v) is 12.7. The Morgan fingerprint density at radius 1 is 1.12 bits per heavy atom. The zero-order valence-electron chi connectivity index (χ0n) is 18.6. The highest BCUT2D eigenvalue weighted by molar-refractivity contribution is 7.91. The quantitative estimate of drug-likeness (QED) is 0.431. The van der Waals surface area contributed by atoms with E-state index in [1.165, 1.54) is 12.3 Å². The number of rotatable bonds is 7. The van der Waals surface area contributed by atoms with Gasteiger partial charge in [-0.25, -0.2) is 18.4 Å². The second-order valence-corrected chi connectivity index (χ2v) is 10.3. The van der Waals surface area contributed by atoms with Gasteiger partial charge in [0.2, 0.25) is 5.91 Å². The third kappa shape index (κ3) is 4.36. The van der Waals surface area contributed by atoms with E-state index in [-0.39, 0.29) is 16.7 Å². The molecule has 4 heterocycles. The number of hydrogen-bond donors (Lipinski definition) is 1. The van der Waals surface area contributed by atoms with Crippen LogP contribution < -0.4 is 4.74 Å². The molecule has 10 heteroatoms. The van der Waals surface area contributed by atoms with Gasteiger partial charge in [0.05, 0.1) is 23.0 Å². The van der Waals surface area contributed by atoms with E-state index in [0.29, 0.717) is 42.5 Å². The summed E-state index contributed by atoms with van der Waals surface area (Å²) < 4.78 is 30.1. The Labute approximate surface area is 196 Å². The third-order valence-corrected chi connectivity index (χ3v) is 7.36. The summed E-state index contributed by atoms with van der Waals surface area (Å²) in [5, 5.41) is 0.0135. The van der Waals surface area contributed by atoms with E-state index in [1.54, 1.807) is 19.2 Å². The van der Waals surface area contributed by atoms with Crippen LogP contribution in [0, 0.1) is 0 Å². The molecule has 0 radical (unpaired) electrons. The number of nitrogens with zero attached hydrogens (tertiary/aromatic N) is 4. The molecule has 34 heavy (non-hydrogen) atoms. The first kappa shape index (κ1) is 22.0. The lowest BCUT2D eigenvalue weighted by Crippen LogP contribution is -2.24. The number of pyridine rings is 2. The summed E-state index contributed by atoms with van der Waals surface area (Å²) in [5.41, 5.74) is 3.05. The van der Waals surface area contributed by atoms with Gasteiger partial charge in [-0.15, -0.1) is 0 Å². The van der Waals surface area contributed by atoms with Gasteiger partial charge in [-0.1, -0.05) is 13.0 Å². The SMILES string of the molecule is CCS(=O)(=O)c1ccc(Oc2cc(CN3CCCC3=O)c3nc(-c4ccccn4)[nH]c3c2)cn1. The van der Waals surface area contributed by atoms with E-state index in [0.717, 1.165) is 23.0 Å². The van der Waals surface area contributed by atoms with Crippen LogP contribution in [0.3, 0.4) is 0 Å². The molecule has 1 aliphatic rings. The number of sulfone groups is 1. The number of carbonyl (C=O) groups is 1. The molecule has 3 aromatic heterocycles. The number of hydrogen-bond acceptors (Lipinski definition) is 7. The van der Waals surface area contributed by atoms with Crippen molar-refractivity contribution in [2.45, 2.75) is 31.3 Å². The van der Waals surface area contributed by atoms with Crippen molar-refractivity contribution in [1.82, 2.24) is 24.8 Å². The molecule has 1 aliphatic heterocycles. The standard InChI is InChI=1S/C24H23N5O4S/c1-2-34(31,32)21-9-8-17(14-26-21)33-18-12-16(15-29-11-5-7-22(29)30)23-20(13-18)27-24(28-23)19-6-3-4-10-25-19/h3-4,6,8-10,12-14H,2,5,7,11,15H2,1H3,(H,27,28). The number of carbonyl (C=O) groups excluding carboxylic acids is 1. The van der Waals surface area contributed by atoms with Crippen molar-refractivity contribution in [3.8, 4) is 23.0 Å². The molecule has 0 unspecified atom stereocenters. The van der Waals surface area contributed by atoms with Crippen molar-refractivity contribution in [2.24, 2.45) is 0 Å². The Balaban J connectivity index is 1.52. The highest BCUT2D eigenvalue weighted by atomic mass is 32.2. The topological polar surface area (TPSA) is 118 Å². The molecule has 174 valence electrons. The lowest BCUT2D eigenvalue weighted by atomic mass is 10.1. The van der Waals surface area contributed by atoms with Gasteiger partial charge in [0.25, 0.3) is 0 Å². The van der Waals surface area contributed by atoms with Crippen LogP contribution >= 0.6 is 0 Å². The van der Waals surface area contributed by atoms with Crippen LogP contribution in [0.5, 0.6) is 11.5 Å². The summed E-state index contributed by atoms with van der Waals surface area (Å²) >= 11 is 0. The number of imidazole rings is 1. The van der Waals surface area contributed by atoms with Gasteiger partial charge in [0.15, 0.2) is 20.7 Å². The Morgan fingerprint density at radius 2 is 2.00 bits per heavy atom. The van der Waals surface area contributed by atoms with E-state index in [4.69, 9.17) is 9.72 Å². The van der Waals surface area contributed by atoms with Gasteiger partial charge in [-0.05, 0) is 36.8 Å². The molecule has 0 aliphatic carbocycles. The van der Waals surface area contributed by atoms with Gasteiger partial charge < -0.3 is 14.6 Å². The molecular formula is C24H23N5O4S. The fourth-order valence-electron chi connectivity index (χ4n) is 3.94. The zero-order valence-corrected chi connectivity index (χ0v) is 19.4. The molecule has 1 N–H and O–H groups in total. The molecule has 0 atom stereocenters. The average Bonchev–Trinajstić information content (AvgIpc) is 3.46. The van der Waals surface area contributed by atoms with E-state index in [9.17, 15) is 13.2 Å². The number of benzene rings is 1. The summed E-state index contributed by atoms with van der Waals surface area (Å²) in [5.74, 6) is 1.66. The van der Waals surface area contributed by atoms with Crippen LogP contribution in [0.2, 0.25) is 0 Å². The second-order valence-electron chi connectivity index (χ2n) is 8.04. The minimum absolute atomic E-state index is 0.0135. The Hall–Kier alpha value is -3.79. The van der Waals surface area contributed by atoms with Crippen molar-refractivity contribution in [3.63, 3.8) is 0 Å². The highest BCUT2D eigenvalue weighted by Crippen LogP contribution is 2.31. The number of fused-ring (bicyclic) bond motifs is 1. The molecule has 9 nitrogen and oxygen atoms in total. The van der Waals surface area contributed by atoms with Crippen LogP contribution in [0.25, 0.3) is 22.6 Å². The molecule has 1 fully saturated rings. The first-order chi connectivity index (χ1) is 16.4. The van der Waals surface area contributed by atoms with Crippen molar-refractivity contribution in [3.05, 3.63) is 60.4 Å². The van der Waals surface area contributed by atoms with Gasteiger partial charge in [-0.2, -0.15) is 0 Å². The van der Waals surface area contributed by atoms with Crippen molar-refractivity contribution >= 4 is 26.8 Å². The number of nitrogens with one attached hydrogen (secondary N) is 1. The van der Waals surface area contributed by atoms with Crippen LogP contribution in [0.15, 0.2) is 59.9 Å². The fraction of sp³-hybridized carbons (Fsp3) is 0.250. The van der Waals surface area contributed by atoms with Crippen LogP contribution in [0.4, 0.5) is 0 Å². The Kier molecular flexibility index (Phi) is 5.74. The summed E-state index contributed by atoms with van der Waals surface area (Å²) in [7, 11) is -3.39. The predicted molar refractivity (Wildman–Crippen MR) is 126 cm³/mol. The van der Waals surface area contributed by atoms with Crippen molar-refractivity contribution in [1.29, 1.82) is 0 Å². The second kappa shape index (κ2) is 8.86. The number of likely N-dealkylation sites (tertiary alicyclic amines) is 1. The Bertz CT molecular complexity index is 1450. The number of amides is 1. The lowest BCUT2D eigenvalue weighted by molar-refractivity contribution is -0.128. The summed E-state index contributed by atoms with van der Waals surface area (Å²) in [6.45, 7) is 2.71. The normalized spacial score (nSPS) is 14.1. The highest BCUT2D eigenvalue weighted by Gasteiger charge is 2.22. The van der Waals surface area contributed by atoms with Gasteiger partial charge >= 0.3 is 0 Å². The summed E-state index contributed by atoms with van der Waals surface area (Å²) in [4.78, 5) is 30.5. The molecule has 1 saturated heterocycles. The fourth-order valence-corrected chi connectivity index (χ4v) is 4.72. The zero-order chi connectivity index (χ0) is 23.7. The van der Waals surface area contributed by atoms with Gasteiger partial charge in [0, 0.05) is 37.3 Å². The minimum Gasteiger partial charge on any atom is -0.456 e. The van der Waals surface area contributed by atoms with Crippen LogP contribution in [0.1, 0.15) is 25.3 Å². The van der Waals surface area contributed by atoms with E-state index in [1.807, 2.05) is 35.2 Å². The van der Waals surface area contributed by atoms with Crippen LogP contribution in [-0.4, -0.2) is 51.5 Å². The number of aromatic amines is 1. The predicted octanol–water partition coefficient (Wildman–Crippen LogP) is 3.73. The summed E-state index contributed by atoms with van der Waals surface area (Å²) in [6.07, 6.45) is 4.49. The monoisotopic (exact) mass is 477 g/mol. The average molecular weight is 478 g/mol. The maximum absolute atomic E-state index is 12.3. The molecule has 1 amide bonds. The maximum Gasteiger partial charge on any atom is 0.222 e. The lowest BCUT2D eigenvalue weighted by Gasteiger charge is -2.16. The Morgan fingerprint density at radius 3 is 2.68 bits per heavy atom. The van der Waals surface area contributed by atoms with E-state index >= 15 is 0 Å². The van der Waals surface area contributed by atoms with Crippen LogP contribution in [-0.2, 0) is 21.2 Å². The molecule has 1 aromatic carbocycles. The smallest absolute Gasteiger partial charge is 0.222 e. The van der Waals surface area contributed by atoms with Gasteiger partial charge in [-0.3, -0.25) is 9.78 Å². The number of aromatic nitrogens is 4. The molecule has 0 bridgehead atoms. The molecule has 0 saturated carbocycles. The third-order valence-electron chi connectivity index (χ3n) is 5.72. The molecule has 0 spiro atoms. The molecule has 4 aromatic rings. The van der Waals surface area contributed by atoms with Crippen molar-refractivity contribution < 1.29 is 17.9 Å². The van der Waals surface area contributed by atoms with Crippen molar-refractivity contribution in [2.75, 3.05) is 12.3 Å². The van der Waals surface area contributed by atoms with E-state index in [2.05, 4.69) is 15.0 Å². The molecular weight excluding hydrogens is 454 g/mol. The maximum atomic E-state index is 12.3.